The third kappa shape index (κ3) is 2.34. The topological polar surface area (TPSA) is 37.4 Å². The van der Waals surface area contributed by atoms with Gasteiger partial charge in [0, 0.05) is 11.1 Å². The molecule has 1 aliphatic carbocycles. The molecule has 3 atom stereocenters. The van der Waals surface area contributed by atoms with E-state index in [-0.39, 0.29) is 11.5 Å². The van der Waals surface area contributed by atoms with E-state index in [0.717, 1.165) is 16.9 Å². The van der Waals surface area contributed by atoms with E-state index in [9.17, 15) is 8.42 Å². The number of thiophene rings is 1. The van der Waals surface area contributed by atoms with Gasteiger partial charge >= 0.3 is 0 Å². The smallest absolute Gasteiger partial charge is 0.264 e. The summed E-state index contributed by atoms with van der Waals surface area (Å²) < 4.78 is 27.9. The van der Waals surface area contributed by atoms with Crippen molar-refractivity contribution < 1.29 is 8.42 Å². The second-order valence-electron chi connectivity index (χ2n) is 6.74. The summed E-state index contributed by atoms with van der Waals surface area (Å²) in [5, 5.41) is 2.02. The molecule has 0 bridgehead atoms. The lowest BCUT2D eigenvalue weighted by Crippen LogP contribution is -2.34. The number of aryl methyl sites for hydroxylation is 1. The molecule has 23 heavy (non-hydrogen) atoms. The van der Waals surface area contributed by atoms with Crippen LogP contribution in [0.15, 0.2) is 58.9 Å². The summed E-state index contributed by atoms with van der Waals surface area (Å²) >= 11 is 1.64. The molecule has 0 N–H and O–H groups in total. The largest absolute Gasteiger partial charge is 0.265 e. The molecule has 4 rings (SSSR count). The average Bonchev–Trinajstić information content (AvgIpc) is 2.95. The molecule has 0 unspecified atom stereocenters. The molecule has 2 aliphatic rings. The molecule has 2 aromatic rings. The van der Waals surface area contributed by atoms with Crippen molar-refractivity contribution in [3.8, 4) is 0 Å². The van der Waals surface area contributed by atoms with Crippen LogP contribution in [0, 0.1) is 18.3 Å². The van der Waals surface area contributed by atoms with Gasteiger partial charge in [0.2, 0.25) is 0 Å². The van der Waals surface area contributed by atoms with Crippen LogP contribution < -0.4 is 0 Å². The number of sulfonamides is 1. The molecule has 1 aromatic carbocycles. The van der Waals surface area contributed by atoms with Crippen molar-refractivity contribution in [2.45, 2.75) is 31.2 Å². The maximum atomic E-state index is 13.2. The third-order valence-corrected chi connectivity index (χ3v) is 7.75. The van der Waals surface area contributed by atoms with Crippen LogP contribution >= 0.6 is 11.3 Å². The van der Waals surface area contributed by atoms with Crippen LogP contribution in [0.5, 0.6) is 0 Å². The predicted octanol–water partition coefficient (Wildman–Crippen LogP) is 4.34. The predicted molar refractivity (Wildman–Crippen MR) is 92.6 cm³/mol. The van der Waals surface area contributed by atoms with Gasteiger partial charge in [0.25, 0.3) is 10.0 Å². The van der Waals surface area contributed by atoms with Crippen LogP contribution in [0.3, 0.4) is 0 Å². The van der Waals surface area contributed by atoms with Crippen molar-refractivity contribution in [2.24, 2.45) is 11.3 Å². The van der Waals surface area contributed by atoms with Crippen molar-refractivity contribution in [3.63, 3.8) is 0 Å². The maximum Gasteiger partial charge on any atom is 0.264 e. The maximum absolute atomic E-state index is 13.2. The van der Waals surface area contributed by atoms with Gasteiger partial charge < -0.3 is 0 Å². The summed E-state index contributed by atoms with van der Waals surface area (Å²) in [7, 11) is -3.53. The normalized spacial score (nSPS) is 29.4. The van der Waals surface area contributed by atoms with Crippen molar-refractivity contribution in [1.82, 2.24) is 4.31 Å². The van der Waals surface area contributed by atoms with Gasteiger partial charge in [0.15, 0.2) is 0 Å². The fourth-order valence-corrected chi connectivity index (χ4v) is 5.90. The second-order valence-corrected chi connectivity index (χ2v) is 9.56. The van der Waals surface area contributed by atoms with E-state index in [0.29, 0.717) is 10.8 Å². The highest BCUT2D eigenvalue weighted by molar-refractivity contribution is 7.89. The van der Waals surface area contributed by atoms with Crippen LogP contribution in [0.2, 0.25) is 0 Å². The minimum absolute atomic E-state index is 0.0868. The Morgan fingerprint density at radius 3 is 2.61 bits per heavy atom. The molecular weight excluding hydrogens is 326 g/mol. The first kappa shape index (κ1) is 15.0. The molecular formula is C18H19NO2S2. The molecule has 0 spiro atoms. The number of hydrogen-bond donors (Lipinski definition) is 0. The SMILES string of the molecule is Cc1ccc(S(=O)(=O)N2C=C[C@]3(C)C[C@@H]3[C@H]2c2cccs2)cc1. The summed E-state index contributed by atoms with van der Waals surface area (Å²) in [4.78, 5) is 1.48. The summed E-state index contributed by atoms with van der Waals surface area (Å²) in [6, 6.07) is 11.1. The van der Waals surface area contributed by atoms with Crippen LogP contribution in [-0.4, -0.2) is 12.7 Å². The first-order valence-corrected chi connectivity index (χ1v) is 10.1. The number of hydrogen-bond acceptors (Lipinski definition) is 3. The van der Waals surface area contributed by atoms with Crippen molar-refractivity contribution >= 4 is 21.4 Å². The Labute approximate surface area is 141 Å². The highest BCUT2D eigenvalue weighted by Gasteiger charge is 2.58. The Bertz CT molecular complexity index is 853. The summed E-state index contributed by atoms with van der Waals surface area (Å²) in [6.45, 7) is 4.17. The molecule has 1 saturated carbocycles. The van der Waals surface area contributed by atoms with Gasteiger partial charge in [-0.3, -0.25) is 4.31 Å². The molecule has 3 nitrogen and oxygen atoms in total. The van der Waals surface area contributed by atoms with Crippen LogP contribution in [-0.2, 0) is 10.0 Å². The van der Waals surface area contributed by atoms with E-state index in [4.69, 9.17) is 0 Å². The first-order chi connectivity index (χ1) is 10.9. The molecule has 1 aliphatic heterocycles. The molecule has 0 amide bonds. The lowest BCUT2D eigenvalue weighted by Gasteiger charge is -2.34. The van der Waals surface area contributed by atoms with Gasteiger partial charge in [-0.2, -0.15) is 0 Å². The molecule has 0 radical (unpaired) electrons. The molecule has 1 aromatic heterocycles. The standard InChI is InChI=1S/C18H19NO2S2/c1-13-5-7-14(8-6-13)23(20,21)19-10-9-18(2)12-15(18)17(19)16-4-3-11-22-16/h3-11,15,17H,12H2,1-2H3/t15-,17+,18-/m1/s1. The van der Waals surface area contributed by atoms with E-state index in [2.05, 4.69) is 13.0 Å². The van der Waals surface area contributed by atoms with Gasteiger partial charge in [-0.1, -0.05) is 36.8 Å². The highest BCUT2D eigenvalue weighted by atomic mass is 32.2. The fraction of sp³-hybridized carbons (Fsp3) is 0.333. The van der Waals surface area contributed by atoms with E-state index in [1.165, 1.54) is 0 Å². The van der Waals surface area contributed by atoms with Gasteiger partial charge in [0.1, 0.15) is 0 Å². The lowest BCUT2D eigenvalue weighted by molar-refractivity contribution is 0.328. The molecule has 2 heterocycles. The zero-order valence-corrected chi connectivity index (χ0v) is 14.8. The highest BCUT2D eigenvalue weighted by Crippen LogP contribution is 2.64. The lowest BCUT2D eigenvalue weighted by atomic mass is 9.98. The minimum Gasteiger partial charge on any atom is -0.265 e. The van der Waals surface area contributed by atoms with Gasteiger partial charge in [0.05, 0.1) is 10.9 Å². The summed E-state index contributed by atoms with van der Waals surface area (Å²) in [5.41, 5.74) is 1.20. The van der Waals surface area contributed by atoms with E-state index in [1.54, 1.807) is 34.0 Å². The third-order valence-electron chi connectivity index (χ3n) is 5.04. The molecule has 0 saturated heterocycles. The minimum atomic E-state index is -3.53. The monoisotopic (exact) mass is 345 g/mol. The summed E-state index contributed by atoms with van der Waals surface area (Å²) in [5.74, 6) is 0.367. The van der Waals surface area contributed by atoms with E-state index < -0.39 is 10.0 Å². The number of nitrogens with zero attached hydrogens (tertiary/aromatic N) is 1. The Kier molecular flexibility index (Phi) is 3.22. The quantitative estimate of drug-likeness (QED) is 0.830. The summed E-state index contributed by atoms with van der Waals surface area (Å²) in [6.07, 6.45) is 4.89. The Morgan fingerprint density at radius 2 is 1.96 bits per heavy atom. The van der Waals surface area contributed by atoms with Gasteiger partial charge in [-0.15, -0.1) is 11.3 Å². The van der Waals surface area contributed by atoms with E-state index >= 15 is 0 Å². The Hall–Kier alpha value is -1.59. The first-order valence-electron chi connectivity index (χ1n) is 7.75. The van der Waals surface area contributed by atoms with Crippen LogP contribution in [0.4, 0.5) is 0 Å². The fourth-order valence-electron chi connectivity index (χ4n) is 3.44. The number of benzene rings is 1. The Balaban J connectivity index is 1.79. The molecule has 120 valence electrons. The van der Waals surface area contributed by atoms with Crippen molar-refractivity contribution in [3.05, 3.63) is 64.5 Å². The van der Waals surface area contributed by atoms with Gasteiger partial charge in [-0.25, -0.2) is 8.42 Å². The van der Waals surface area contributed by atoms with Crippen LogP contribution in [0.1, 0.15) is 29.8 Å². The average molecular weight is 345 g/mol. The number of fused-ring (bicyclic) bond motifs is 1. The van der Waals surface area contributed by atoms with Gasteiger partial charge in [-0.05, 0) is 48.3 Å². The second kappa shape index (κ2) is 4.95. The molecule has 1 fully saturated rings. The Morgan fingerprint density at radius 1 is 1.22 bits per heavy atom. The zero-order chi connectivity index (χ0) is 16.2. The molecule has 5 heteroatoms. The van der Waals surface area contributed by atoms with Crippen molar-refractivity contribution in [1.29, 1.82) is 0 Å². The van der Waals surface area contributed by atoms with E-state index in [1.807, 2.05) is 36.6 Å². The zero-order valence-electron chi connectivity index (χ0n) is 13.1. The number of allylic oxidation sites excluding steroid dienone is 1. The van der Waals surface area contributed by atoms with Crippen LogP contribution in [0.25, 0.3) is 0 Å². The number of rotatable bonds is 3. The van der Waals surface area contributed by atoms with Crippen molar-refractivity contribution in [2.75, 3.05) is 0 Å².